The summed E-state index contributed by atoms with van der Waals surface area (Å²) < 4.78 is 5.83. The average Bonchev–Trinajstić information content (AvgIpc) is 2.95. The maximum Gasteiger partial charge on any atom is 0.120 e. The van der Waals surface area contributed by atoms with Gasteiger partial charge in [0, 0.05) is 15.9 Å². The monoisotopic (exact) mass is 309 g/mol. The number of thiophene rings is 1. The Morgan fingerprint density at radius 2 is 2.20 bits per heavy atom. The Balaban J connectivity index is 1.82. The lowest BCUT2D eigenvalue weighted by Crippen LogP contribution is -2.34. The van der Waals surface area contributed by atoms with Crippen LogP contribution in [0.5, 0.6) is 5.75 Å². The maximum absolute atomic E-state index is 5.96. The van der Waals surface area contributed by atoms with Crippen LogP contribution in [0.15, 0.2) is 41.8 Å². The van der Waals surface area contributed by atoms with Crippen LogP contribution in [0.2, 0.25) is 5.02 Å². The topological polar surface area (TPSA) is 21.3 Å². The van der Waals surface area contributed by atoms with Gasteiger partial charge in [0.15, 0.2) is 0 Å². The number of aryl methyl sites for hydroxylation is 1. The predicted molar refractivity (Wildman–Crippen MR) is 87.1 cm³/mol. The average molecular weight is 310 g/mol. The second kappa shape index (κ2) is 8.30. The smallest absolute Gasteiger partial charge is 0.120 e. The molecule has 0 aliphatic rings. The number of hydrogen-bond donors (Lipinski definition) is 1. The van der Waals surface area contributed by atoms with Crippen LogP contribution in [0.25, 0.3) is 0 Å². The van der Waals surface area contributed by atoms with Gasteiger partial charge in [0.1, 0.15) is 12.4 Å². The van der Waals surface area contributed by atoms with E-state index in [1.54, 1.807) is 0 Å². The molecule has 1 heterocycles. The molecule has 108 valence electrons. The van der Waals surface area contributed by atoms with Gasteiger partial charge in [-0.05, 0) is 49.0 Å². The van der Waals surface area contributed by atoms with Crippen molar-refractivity contribution in [1.29, 1.82) is 0 Å². The molecule has 0 saturated heterocycles. The van der Waals surface area contributed by atoms with E-state index in [1.165, 1.54) is 4.88 Å². The highest BCUT2D eigenvalue weighted by Crippen LogP contribution is 2.18. The van der Waals surface area contributed by atoms with Gasteiger partial charge in [-0.25, -0.2) is 0 Å². The summed E-state index contributed by atoms with van der Waals surface area (Å²) in [7, 11) is 0. The van der Waals surface area contributed by atoms with Gasteiger partial charge in [-0.3, -0.25) is 0 Å². The SMILES string of the molecule is CCNC(CCc1cccs1)COc1cccc(Cl)c1. The van der Waals surface area contributed by atoms with E-state index < -0.39 is 0 Å². The number of hydrogen-bond acceptors (Lipinski definition) is 3. The van der Waals surface area contributed by atoms with Crippen LogP contribution in [0.4, 0.5) is 0 Å². The highest BCUT2D eigenvalue weighted by Gasteiger charge is 2.09. The normalized spacial score (nSPS) is 12.3. The van der Waals surface area contributed by atoms with Crippen molar-refractivity contribution in [1.82, 2.24) is 5.32 Å². The molecule has 20 heavy (non-hydrogen) atoms. The molecule has 1 unspecified atom stereocenters. The third-order valence-electron chi connectivity index (χ3n) is 3.06. The van der Waals surface area contributed by atoms with Crippen molar-refractivity contribution in [3.8, 4) is 5.75 Å². The molecule has 0 amide bonds. The number of rotatable bonds is 8. The molecular formula is C16H20ClNOS. The van der Waals surface area contributed by atoms with Gasteiger partial charge in [-0.2, -0.15) is 0 Å². The standard InChI is InChI=1S/C16H20ClNOS/c1-2-18-14(8-9-16-7-4-10-20-16)12-19-15-6-3-5-13(17)11-15/h3-7,10-11,14,18H,2,8-9,12H2,1H3. The summed E-state index contributed by atoms with van der Waals surface area (Å²) in [4.78, 5) is 1.43. The van der Waals surface area contributed by atoms with Crippen molar-refractivity contribution in [2.24, 2.45) is 0 Å². The van der Waals surface area contributed by atoms with Crippen LogP contribution < -0.4 is 10.1 Å². The Bertz CT molecular complexity index is 501. The van der Waals surface area contributed by atoms with Crippen molar-refractivity contribution in [2.75, 3.05) is 13.2 Å². The van der Waals surface area contributed by atoms with Crippen molar-refractivity contribution in [3.63, 3.8) is 0 Å². The molecule has 0 saturated carbocycles. The summed E-state index contributed by atoms with van der Waals surface area (Å²) in [5, 5.41) is 6.31. The molecule has 1 aromatic heterocycles. The third kappa shape index (κ3) is 5.16. The second-order valence-corrected chi connectivity index (χ2v) is 6.11. The van der Waals surface area contributed by atoms with Gasteiger partial charge >= 0.3 is 0 Å². The largest absolute Gasteiger partial charge is 0.492 e. The van der Waals surface area contributed by atoms with Crippen LogP contribution in [0, 0.1) is 0 Å². The first-order chi connectivity index (χ1) is 9.78. The minimum atomic E-state index is 0.362. The summed E-state index contributed by atoms with van der Waals surface area (Å²) in [5.74, 6) is 0.830. The van der Waals surface area contributed by atoms with E-state index in [-0.39, 0.29) is 0 Å². The quantitative estimate of drug-likeness (QED) is 0.781. The Morgan fingerprint density at radius 3 is 2.90 bits per heavy atom. The summed E-state index contributed by atoms with van der Waals surface area (Å²) in [6, 6.07) is 12.2. The molecule has 0 radical (unpaired) electrons. The van der Waals surface area contributed by atoms with Gasteiger partial charge in [0.05, 0.1) is 0 Å². The van der Waals surface area contributed by atoms with Crippen LogP contribution in [-0.4, -0.2) is 19.2 Å². The molecular weight excluding hydrogens is 290 g/mol. The fourth-order valence-electron chi connectivity index (χ4n) is 2.06. The first kappa shape index (κ1) is 15.4. The lowest BCUT2D eigenvalue weighted by molar-refractivity contribution is 0.259. The molecule has 1 atom stereocenters. The van der Waals surface area contributed by atoms with Crippen LogP contribution in [0.1, 0.15) is 18.2 Å². The number of likely N-dealkylation sites (N-methyl/N-ethyl adjacent to an activating group) is 1. The van der Waals surface area contributed by atoms with Gasteiger partial charge in [0.2, 0.25) is 0 Å². The zero-order chi connectivity index (χ0) is 14.2. The second-order valence-electron chi connectivity index (χ2n) is 4.64. The highest BCUT2D eigenvalue weighted by molar-refractivity contribution is 7.09. The van der Waals surface area contributed by atoms with Crippen LogP contribution in [0.3, 0.4) is 0 Å². The van der Waals surface area contributed by atoms with E-state index in [4.69, 9.17) is 16.3 Å². The third-order valence-corrected chi connectivity index (χ3v) is 4.23. The molecule has 2 nitrogen and oxygen atoms in total. The van der Waals surface area contributed by atoms with E-state index >= 15 is 0 Å². The molecule has 4 heteroatoms. The van der Waals surface area contributed by atoms with Crippen LogP contribution in [-0.2, 0) is 6.42 Å². The first-order valence-corrected chi connectivity index (χ1v) is 8.18. The minimum Gasteiger partial charge on any atom is -0.492 e. The molecule has 1 N–H and O–H groups in total. The summed E-state index contributed by atoms with van der Waals surface area (Å²) in [6.45, 7) is 3.74. The zero-order valence-corrected chi connectivity index (χ0v) is 13.2. The lowest BCUT2D eigenvalue weighted by atomic mass is 10.1. The van der Waals surface area contributed by atoms with Gasteiger partial charge in [0.25, 0.3) is 0 Å². The molecule has 0 fully saturated rings. The first-order valence-electron chi connectivity index (χ1n) is 6.92. The number of nitrogens with one attached hydrogen (secondary N) is 1. The van der Waals surface area contributed by atoms with Gasteiger partial charge in [-0.15, -0.1) is 11.3 Å². The van der Waals surface area contributed by atoms with E-state index in [0.29, 0.717) is 17.7 Å². The van der Waals surface area contributed by atoms with E-state index in [1.807, 2.05) is 35.6 Å². The molecule has 1 aromatic carbocycles. The Morgan fingerprint density at radius 1 is 1.30 bits per heavy atom. The minimum absolute atomic E-state index is 0.362. The summed E-state index contributed by atoms with van der Waals surface area (Å²) in [6.07, 6.45) is 2.17. The van der Waals surface area contributed by atoms with Crippen LogP contribution >= 0.6 is 22.9 Å². The van der Waals surface area contributed by atoms with E-state index in [2.05, 4.69) is 29.8 Å². The predicted octanol–water partition coefficient (Wildman–Crippen LogP) is 4.39. The number of benzene rings is 1. The van der Waals surface area contributed by atoms with E-state index in [0.717, 1.165) is 25.1 Å². The molecule has 0 aliphatic carbocycles. The van der Waals surface area contributed by atoms with Gasteiger partial charge in [-0.1, -0.05) is 30.7 Å². The number of ether oxygens (including phenoxy) is 1. The molecule has 0 spiro atoms. The van der Waals surface area contributed by atoms with Crippen molar-refractivity contribution in [2.45, 2.75) is 25.8 Å². The Kier molecular flexibility index (Phi) is 6.37. The molecule has 2 aromatic rings. The van der Waals surface area contributed by atoms with Crippen molar-refractivity contribution < 1.29 is 4.74 Å². The fourth-order valence-corrected chi connectivity index (χ4v) is 2.96. The Labute approximate surface area is 129 Å². The maximum atomic E-state index is 5.96. The highest BCUT2D eigenvalue weighted by atomic mass is 35.5. The fraction of sp³-hybridized carbons (Fsp3) is 0.375. The van der Waals surface area contributed by atoms with Crippen molar-refractivity contribution in [3.05, 3.63) is 51.7 Å². The molecule has 0 aliphatic heterocycles. The number of halogens is 1. The zero-order valence-electron chi connectivity index (χ0n) is 11.6. The Hall–Kier alpha value is -1.03. The van der Waals surface area contributed by atoms with Crippen molar-refractivity contribution >= 4 is 22.9 Å². The summed E-state index contributed by atoms with van der Waals surface area (Å²) in [5.41, 5.74) is 0. The summed E-state index contributed by atoms with van der Waals surface area (Å²) >= 11 is 7.77. The molecule has 2 rings (SSSR count). The van der Waals surface area contributed by atoms with Gasteiger partial charge < -0.3 is 10.1 Å². The molecule has 0 bridgehead atoms. The van der Waals surface area contributed by atoms with E-state index in [9.17, 15) is 0 Å². The lowest BCUT2D eigenvalue weighted by Gasteiger charge is -2.18.